The molecule has 29 heavy (non-hydrogen) atoms. The number of aromatic nitrogens is 1. The maximum absolute atomic E-state index is 13.1. The van der Waals surface area contributed by atoms with E-state index in [1.54, 1.807) is 42.2 Å². The molecule has 4 nitrogen and oxygen atoms in total. The van der Waals surface area contributed by atoms with Crippen LogP contribution in [0.2, 0.25) is 0 Å². The van der Waals surface area contributed by atoms with E-state index in [1.165, 1.54) is 6.07 Å². The molecule has 0 aliphatic carbocycles. The molecule has 0 aliphatic rings. The van der Waals surface area contributed by atoms with Gasteiger partial charge in [0.15, 0.2) is 0 Å². The molecule has 1 amide bonds. The number of carbonyl (C=O) groups excluding carboxylic acids is 1. The minimum atomic E-state index is -4.54. The zero-order chi connectivity index (χ0) is 21.2. The zero-order valence-corrected chi connectivity index (χ0v) is 16.3. The predicted octanol–water partition coefficient (Wildman–Crippen LogP) is 5.32. The van der Waals surface area contributed by atoms with Gasteiger partial charge >= 0.3 is 6.18 Å². The molecule has 2 aromatic heterocycles. The molecule has 0 saturated heterocycles. The van der Waals surface area contributed by atoms with Gasteiger partial charge in [-0.15, -0.1) is 17.9 Å². The number of rotatable bonds is 5. The van der Waals surface area contributed by atoms with Crippen LogP contribution in [0.3, 0.4) is 0 Å². The Hall–Kier alpha value is -3.18. The van der Waals surface area contributed by atoms with E-state index < -0.39 is 11.9 Å². The van der Waals surface area contributed by atoms with Gasteiger partial charge in [-0.2, -0.15) is 18.4 Å². The van der Waals surface area contributed by atoms with Gasteiger partial charge in [-0.1, -0.05) is 18.2 Å². The Balaban J connectivity index is 1.94. The highest BCUT2D eigenvalue weighted by Crippen LogP contribution is 2.34. The molecule has 0 spiro atoms. The first-order valence-electron chi connectivity index (χ1n) is 8.61. The zero-order valence-electron chi connectivity index (χ0n) is 15.5. The topological polar surface area (TPSA) is 57.0 Å². The number of hydrogen-bond donors (Lipinski definition) is 0. The Morgan fingerprint density at radius 1 is 1.28 bits per heavy atom. The van der Waals surface area contributed by atoms with Gasteiger partial charge < -0.3 is 4.90 Å². The van der Waals surface area contributed by atoms with Crippen LogP contribution in [0.1, 0.15) is 32.1 Å². The van der Waals surface area contributed by atoms with Crippen molar-refractivity contribution in [2.24, 2.45) is 0 Å². The molecule has 1 aromatic carbocycles. The van der Waals surface area contributed by atoms with E-state index in [-0.39, 0.29) is 23.8 Å². The van der Waals surface area contributed by atoms with Crippen LogP contribution >= 0.6 is 11.3 Å². The van der Waals surface area contributed by atoms with Gasteiger partial charge in [0.05, 0.1) is 16.5 Å². The maximum atomic E-state index is 13.1. The SMILES string of the molecule is C=CCN(Cc1ccc(C#N)cc1)C(=O)c1sc2nc(C(F)(F)F)ccc2c1C. The highest BCUT2D eigenvalue weighted by molar-refractivity contribution is 7.20. The number of fused-ring (bicyclic) bond motifs is 1. The van der Waals surface area contributed by atoms with Crippen LogP contribution in [0.5, 0.6) is 0 Å². The number of thiophene rings is 1. The summed E-state index contributed by atoms with van der Waals surface area (Å²) >= 11 is 0.953. The van der Waals surface area contributed by atoms with E-state index in [1.807, 2.05) is 6.07 Å². The molecular weight excluding hydrogens is 399 g/mol. The van der Waals surface area contributed by atoms with E-state index in [4.69, 9.17) is 5.26 Å². The first kappa shape index (κ1) is 20.6. The highest BCUT2D eigenvalue weighted by Gasteiger charge is 2.33. The Morgan fingerprint density at radius 2 is 1.97 bits per heavy atom. The van der Waals surface area contributed by atoms with Gasteiger partial charge in [0.1, 0.15) is 10.5 Å². The summed E-state index contributed by atoms with van der Waals surface area (Å²) in [4.78, 5) is 18.9. The first-order valence-corrected chi connectivity index (χ1v) is 9.42. The summed E-state index contributed by atoms with van der Waals surface area (Å²) in [5, 5.41) is 9.43. The fourth-order valence-electron chi connectivity index (χ4n) is 2.88. The Labute approximate surface area is 169 Å². The smallest absolute Gasteiger partial charge is 0.330 e. The third-order valence-corrected chi connectivity index (χ3v) is 5.57. The lowest BCUT2D eigenvalue weighted by atomic mass is 10.1. The second kappa shape index (κ2) is 8.05. The number of halogens is 3. The molecule has 0 bridgehead atoms. The minimum Gasteiger partial charge on any atom is -0.330 e. The standard InChI is InChI=1S/C21H16F3N3OS/c1-3-10-27(12-15-6-4-14(11-25)5-7-15)20(28)18-13(2)16-8-9-17(21(22,23)24)26-19(16)29-18/h3-9H,1,10,12H2,2H3. The van der Waals surface area contributed by atoms with E-state index in [9.17, 15) is 18.0 Å². The normalized spacial score (nSPS) is 11.3. The Bertz CT molecular complexity index is 1110. The summed E-state index contributed by atoms with van der Waals surface area (Å²) in [7, 11) is 0. The number of hydrogen-bond acceptors (Lipinski definition) is 4. The number of nitrogens with zero attached hydrogens (tertiary/aromatic N) is 3. The molecular formula is C21H16F3N3OS. The average molecular weight is 415 g/mol. The van der Waals surface area contributed by atoms with Crippen molar-refractivity contribution >= 4 is 27.5 Å². The van der Waals surface area contributed by atoms with Gasteiger partial charge in [0, 0.05) is 18.5 Å². The average Bonchev–Trinajstić information content (AvgIpc) is 3.03. The van der Waals surface area contributed by atoms with Crippen molar-refractivity contribution in [3.8, 4) is 6.07 Å². The number of nitriles is 1. The van der Waals surface area contributed by atoms with Gasteiger partial charge in [0.25, 0.3) is 5.91 Å². The molecule has 0 atom stereocenters. The van der Waals surface area contributed by atoms with Gasteiger partial charge in [-0.05, 0) is 42.3 Å². The second-order valence-electron chi connectivity index (χ2n) is 6.39. The van der Waals surface area contributed by atoms with Crippen LogP contribution in [0, 0.1) is 18.3 Å². The fraction of sp³-hybridized carbons (Fsp3) is 0.190. The highest BCUT2D eigenvalue weighted by atomic mass is 32.1. The number of amides is 1. The van der Waals surface area contributed by atoms with E-state index in [0.717, 1.165) is 23.0 Å². The van der Waals surface area contributed by atoms with Crippen LogP contribution in [0.4, 0.5) is 13.2 Å². The molecule has 0 N–H and O–H groups in total. The van der Waals surface area contributed by atoms with Crippen molar-refractivity contribution in [2.75, 3.05) is 6.54 Å². The largest absolute Gasteiger partial charge is 0.433 e. The maximum Gasteiger partial charge on any atom is 0.433 e. The summed E-state index contributed by atoms with van der Waals surface area (Å²) in [5.41, 5.74) is 0.966. The van der Waals surface area contributed by atoms with Crippen LogP contribution in [-0.2, 0) is 12.7 Å². The molecule has 3 rings (SSSR count). The molecule has 0 unspecified atom stereocenters. The molecule has 0 radical (unpaired) electrons. The quantitative estimate of drug-likeness (QED) is 0.530. The lowest BCUT2D eigenvalue weighted by Gasteiger charge is -2.21. The fourth-order valence-corrected chi connectivity index (χ4v) is 4.03. The Morgan fingerprint density at radius 3 is 2.55 bits per heavy atom. The first-order chi connectivity index (χ1) is 13.7. The third kappa shape index (κ3) is 4.30. The molecule has 3 aromatic rings. The van der Waals surface area contributed by atoms with E-state index >= 15 is 0 Å². The van der Waals surface area contributed by atoms with Crippen LogP contribution < -0.4 is 0 Å². The summed E-state index contributed by atoms with van der Waals surface area (Å²) in [6.45, 7) is 5.94. The van der Waals surface area contributed by atoms with Crippen LogP contribution in [-0.4, -0.2) is 22.3 Å². The lowest BCUT2D eigenvalue weighted by molar-refractivity contribution is -0.140. The monoisotopic (exact) mass is 415 g/mol. The number of alkyl halides is 3. The molecule has 2 heterocycles. The molecule has 0 aliphatic heterocycles. The number of carbonyl (C=O) groups is 1. The van der Waals surface area contributed by atoms with Crippen molar-refractivity contribution in [3.63, 3.8) is 0 Å². The van der Waals surface area contributed by atoms with E-state index in [0.29, 0.717) is 21.4 Å². The summed E-state index contributed by atoms with van der Waals surface area (Å²) in [6, 6.07) is 11.2. The van der Waals surface area contributed by atoms with Crippen molar-refractivity contribution in [3.05, 3.63) is 76.3 Å². The predicted molar refractivity (Wildman–Crippen MR) is 105 cm³/mol. The molecule has 148 valence electrons. The number of benzene rings is 1. The van der Waals surface area contributed by atoms with Gasteiger partial charge in [-0.25, -0.2) is 4.98 Å². The van der Waals surface area contributed by atoms with E-state index in [2.05, 4.69) is 11.6 Å². The summed E-state index contributed by atoms with van der Waals surface area (Å²) < 4.78 is 38.8. The van der Waals surface area contributed by atoms with Crippen molar-refractivity contribution in [1.29, 1.82) is 5.26 Å². The summed E-state index contributed by atoms with van der Waals surface area (Å²) in [6.07, 6.45) is -2.95. The molecule has 0 saturated carbocycles. The third-order valence-electron chi connectivity index (χ3n) is 4.38. The van der Waals surface area contributed by atoms with Crippen LogP contribution in [0.25, 0.3) is 10.2 Å². The molecule has 0 fully saturated rings. The van der Waals surface area contributed by atoms with Crippen molar-refractivity contribution in [1.82, 2.24) is 9.88 Å². The summed E-state index contributed by atoms with van der Waals surface area (Å²) in [5.74, 6) is -0.302. The van der Waals surface area contributed by atoms with Crippen molar-refractivity contribution < 1.29 is 18.0 Å². The van der Waals surface area contributed by atoms with Gasteiger partial charge in [-0.3, -0.25) is 4.79 Å². The molecule has 8 heteroatoms. The number of aryl methyl sites for hydroxylation is 1. The number of pyridine rings is 1. The Kier molecular flexibility index (Phi) is 5.71. The van der Waals surface area contributed by atoms with Crippen molar-refractivity contribution in [2.45, 2.75) is 19.6 Å². The van der Waals surface area contributed by atoms with Crippen LogP contribution in [0.15, 0.2) is 49.1 Å². The second-order valence-corrected chi connectivity index (χ2v) is 7.39. The lowest BCUT2D eigenvalue weighted by Crippen LogP contribution is -2.30. The van der Waals surface area contributed by atoms with Gasteiger partial charge in [0.2, 0.25) is 0 Å². The minimum absolute atomic E-state index is 0.178.